The molecule has 0 fully saturated rings. The van der Waals surface area contributed by atoms with E-state index < -0.39 is 0 Å². The molecule has 40 valence electrons. The van der Waals surface area contributed by atoms with E-state index in [1.807, 2.05) is 0 Å². The molecule has 1 aliphatic heterocycles. The summed E-state index contributed by atoms with van der Waals surface area (Å²) in [7, 11) is 0. The lowest BCUT2D eigenvalue weighted by molar-refractivity contribution is 0.173. The maximum atomic E-state index is 5.22. The van der Waals surface area contributed by atoms with E-state index in [1.54, 1.807) is 0 Å². The van der Waals surface area contributed by atoms with Gasteiger partial charge in [-0.1, -0.05) is 5.16 Å². The number of nitrogens with zero attached hydrogens (tertiary/aromatic N) is 1. The van der Waals surface area contributed by atoms with Crippen LogP contribution in [0.15, 0.2) is 5.16 Å². The van der Waals surface area contributed by atoms with Gasteiger partial charge in [0, 0.05) is 13.0 Å². The van der Waals surface area contributed by atoms with Gasteiger partial charge < -0.3 is 10.6 Å². The Morgan fingerprint density at radius 3 is 3.00 bits per heavy atom. The van der Waals surface area contributed by atoms with Crippen molar-refractivity contribution in [3.05, 3.63) is 0 Å². The molecule has 7 heavy (non-hydrogen) atoms. The Kier molecular flexibility index (Phi) is 1.26. The summed E-state index contributed by atoms with van der Waals surface area (Å²) in [6.07, 6.45) is 0.913. The molecule has 2 N–H and O–H groups in total. The van der Waals surface area contributed by atoms with Crippen molar-refractivity contribution in [2.75, 3.05) is 13.2 Å². The summed E-state index contributed by atoms with van der Waals surface area (Å²) in [4.78, 5) is 4.66. The van der Waals surface area contributed by atoms with Crippen LogP contribution in [0.1, 0.15) is 6.42 Å². The van der Waals surface area contributed by atoms with Gasteiger partial charge in [-0.05, 0) is 0 Å². The third-order valence-electron chi connectivity index (χ3n) is 0.911. The highest BCUT2D eigenvalue weighted by molar-refractivity contribution is 5.86. The van der Waals surface area contributed by atoms with E-state index in [1.165, 1.54) is 0 Å². The summed E-state index contributed by atoms with van der Waals surface area (Å²) >= 11 is 0. The van der Waals surface area contributed by atoms with E-state index in [9.17, 15) is 0 Å². The number of hydrogen-bond donors (Lipinski definition) is 1. The number of rotatable bonds is 1. The van der Waals surface area contributed by atoms with E-state index in [-0.39, 0.29) is 0 Å². The number of oxime groups is 1. The first-order valence-electron chi connectivity index (χ1n) is 2.31. The minimum atomic E-state index is 0.542. The van der Waals surface area contributed by atoms with Crippen molar-refractivity contribution in [2.24, 2.45) is 10.9 Å². The van der Waals surface area contributed by atoms with Gasteiger partial charge in [0.1, 0.15) is 6.61 Å². The van der Waals surface area contributed by atoms with Crippen molar-refractivity contribution in [1.29, 1.82) is 0 Å². The maximum Gasteiger partial charge on any atom is 0.122 e. The van der Waals surface area contributed by atoms with Crippen LogP contribution in [0.5, 0.6) is 0 Å². The van der Waals surface area contributed by atoms with E-state index in [0.717, 1.165) is 12.1 Å². The summed E-state index contributed by atoms with van der Waals surface area (Å²) in [5.41, 5.74) is 6.20. The number of nitrogens with two attached hydrogens (primary N) is 1. The van der Waals surface area contributed by atoms with Crippen molar-refractivity contribution in [2.45, 2.75) is 6.42 Å². The molecule has 0 aliphatic carbocycles. The standard InChI is InChI=1S/C4H8N2O/c5-3-4-1-2-7-6-4/h1-3,5H2. The lowest BCUT2D eigenvalue weighted by Crippen LogP contribution is -2.10. The topological polar surface area (TPSA) is 47.6 Å². The van der Waals surface area contributed by atoms with Crippen LogP contribution in [-0.2, 0) is 4.84 Å². The van der Waals surface area contributed by atoms with Crippen LogP contribution in [0.4, 0.5) is 0 Å². The molecule has 0 unspecified atom stereocenters. The lowest BCUT2D eigenvalue weighted by atomic mass is 10.3. The molecule has 1 rings (SSSR count). The van der Waals surface area contributed by atoms with Crippen molar-refractivity contribution < 1.29 is 4.84 Å². The zero-order valence-corrected chi connectivity index (χ0v) is 4.05. The first-order chi connectivity index (χ1) is 3.43. The minimum absolute atomic E-state index is 0.542. The van der Waals surface area contributed by atoms with Gasteiger partial charge in [0.05, 0.1) is 5.71 Å². The molecule has 3 heteroatoms. The van der Waals surface area contributed by atoms with Crippen LogP contribution in [-0.4, -0.2) is 18.9 Å². The van der Waals surface area contributed by atoms with Gasteiger partial charge in [-0.25, -0.2) is 0 Å². The molecule has 0 amide bonds. The van der Waals surface area contributed by atoms with Crippen molar-refractivity contribution in [3.8, 4) is 0 Å². The minimum Gasteiger partial charge on any atom is -0.395 e. The summed E-state index contributed by atoms with van der Waals surface area (Å²) in [6.45, 7) is 1.26. The fraction of sp³-hybridized carbons (Fsp3) is 0.750. The molecule has 0 aromatic carbocycles. The zero-order valence-electron chi connectivity index (χ0n) is 4.05. The van der Waals surface area contributed by atoms with Crippen LogP contribution in [0.2, 0.25) is 0 Å². The van der Waals surface area contributed by atoms with Crippen LogP contribution in [0.25, 0.3) is 0 Å². The first kappa shape index (κ1) is 4.59. The average Bonchev–Trinajstić information content (AvgIpc) is 2.14. The predicted octanol–water partition coefficient (Wildman–Crippen LogP) is -0.279. The average molecular weight is 100 g/mol. The van der Waals surface area contributed by atoms with Crippen LogP contribution >= 0.6 is 0 Å². The lowest BCUT2D eigenvalue weighted by Gasteiger charge is -1.82. The molecule has 0 saturated heterocycles. The smallest absolute Gasteiger partial charge is 0.122 e. The zero-order chi connectivity index (χ0) is 5.11. The van der Waals surface area contributed by atoms with Gasteiger partial charge in [0.25, 0.3) is 0 Å². The summed E-state index contributed by atoms with van der Waals surface area (Å²) < 4.78 is 0. The van der Waals surface area contributed by atoms with Crippen LogP contribution < -0.4 is 5.73 Å². The third kappa shape index (κ3) is 0.899. The molecule has 0 bridgehead atoms. The Bertz CT molecular complexity index is 89.7. The second kappa shape index (κ2) is 1.93. The number of hydrogen-bond acceptors (Lipinski definition) is 3. The highest BCUT2D eigenvalue weighted by atomic mass is 16.6. The fourth-order valence-electron chi connectivity index (χ4n) is 0.485. The van der Waals surface area contributed by atoms with Gasteiger partial charge in [-0.3, -0.25) is 0 Å². The second-order valence-electron chi connectivity index (χ2n) is 1.44. The van der Waals surface area contributed by atoms with E-state index >= 15 is 0 Å². The molecular weight excluding hydrogens is 92.1 g/mol. The first-order valence-corrected chi connectivity index (χ1v) is 2.31. The predicted molar refractivity (Wildman–Crippen MR) is 27.1 cm³/mol. The van der Waals surface area contributed by atoms with Crippen LogP contribution in [0.3, 0.4) is 0 Å². The molecule has 0 atom stereocenters. The van der Waals surface area contributed by atoms with Gasteiger partial charge in [0.2, 0.25) is 0 Å². The molecule has 0 aromatic rings. The quantitative estimate of drug-likeness (QED) is 0.492. The molecule has 1 heterocycles. The Morgan fingerprint density at radius 1 is 1.86 bits per heavy atom. The highest BCUT2D eigenvalue weighted by Crippen LogP contribution is 1.96. The third-order valence-corrected chi connectivity index (χ3v) is 0.911. The fourth-order valence-corrected chi connectivity index (χ4v) is 0.485. The molecule has 0 aromatic heterocycles. The van der Waals surface area contributed by atoms with E-state index in [0.29, 0.717) is 13.2 Å². The van der Waals surface area contributed by atoms with Crippen molar-refractivity contribution >= 4 is 5.71 Å². The Labute approximate surface area is 42.1 Å². The second-order valence-corrected chi connectivity index (χ2v) is 1.44. The Hall–Kier alpha value is -0.570. The SMILES string of the molecule is NCC1=NOCC1. The van der Waals surface area contributed by atoms with Crippen LogP contribution in [0, 0.1) is 0 Å². The van der Waals surface area contributed by atoms with Gasteiger partial charge in [-0.15, -0.1) is 0 Å². The molecule has 0 spiro atoms. The van der Waals surface area contributed by atoms with Gasteiger partial charge in [0.15, 0.2) is 0 Å². The Morgan fingerprint density at radius 2 is 2.71 bits per heavy atom. The summed E-state index contributed by atoms with van der Waals surface area (Å²) in [6, 6.07) is 0. The molecular formula is C4H8N2O. The summed E-state index contributed by atoms with van der Waals surface area (Å²) in [5.74, 6) is 0. The summed E-state index contributed by atoms with van der Waals surface area (Å²) in [5, 5.41) is 3.65. The molecule has 3 nitrogen and oxygen atoms in total. The van der Waals surface area contributed by atoms with Crippen molar-refractivity contribution in [3.63, 3.8) is 0 Å². The van der Waals surface area contributed by atoms with Gasteiger partial charge >= 0.3 is 0 Å². The highest BCUT2D eigenvalue weighted by Gasteiger charge is 2.03. The monoisotopic (exact) mass is 100 g/mol. The van der Waals surface area contributed by atoms with Gasteiger partial charge in [-0.2, -0.15) is 0 Å². The van der Waals surface area contributed by atoms with E-state index in [4.69, 9.17) is 5.73 Å². The molecule has 1 aliphatic rings. The molecule has 0 radical (unpaired) electrons. The largest absolute Gasteiger partial charge is 0.395 e. The van der Waals surface area contributed by atoms with E-state index in [2.05, 4.69) is 9.99 Å². The Balaban J connectivity index is 2.36. The maximum absolute atomic E-state index is 5.22. The molecule has 0 saturated carbocycles. The normalized spacial score (nSPS) is 18.7. The van der Waals surface area contributed by atoms with Crippen molar-refractivity contribution in [1.82, 2.24) is 0 Å².